The van der Waals surface area contributed by atoms with Crippen LogP contribution in [0.1, 0.15) is 86.7 Å². The van der Waals surface area contributed by atoms with E-state index in [-0.39, 0.29) is 24.4 Å². The molecule has 11 nitrogen and oxygen atoms in total. The van der Waals surface area contributed by atoms with Gasteiger partial charge in [-0.05, 0) is 101 Å². The number of benzene rings is 1. The minimum absolute atomic E-state index is 0.0878. The predicted octanol–water partition coefficient (Wildman–Crippen LogP) is 4.43. The second kappa shape index (κ2) is 16.5. The van der Waals surface area contributed by atoms with Crippen LogP contribution in [0.4, 0.5) is 0 Å². The molecular weight excluding hydrogens is 618 g/mol. The molecule has 2 aromatic rings. The molecule has 1 aromatic heterocycles. The van der Waals surface area contributed by atoms with Crippen molar-refractivity contribution in [2.75, 3.05) is 47.8 Å². The van der Waals surface area contributed by atoms with Gasteiger partial charge in [0, 0.05) is 46.0 Å². The van der Waals surface area contributed by atoms with Crippen LogP contribution in [0.25, 0.3) is 0 Å². The van der Waals surface area contributed by atoms with Gasteiger partial charge in [0.05, 0.1) is 24.1 Å². The normalized spacial score (nSPS) is 19.0. The van der Waals surface area contributed by atoms with Crippen molar-refractivity contribution in [3.05, 3.63) is 86.3 Å². The number of carbonyl (C=O) groups is 2. The first-order chi connectivity index (χ1) is 23.2. The lowest BCUT2D eigenvalue weighted by Crippen LogP contribution is -2.42. The van der Waals surface area contributed by atoms with Crippen LogP contribution in [0, 0.1) is 24.2 Å². The van der Waals surface area contributed by atoms with E-state index in [1.165, 1.54) is 0 Å². The molecule has 49 heavy (non-hydrogen) atoms. The maximum Gasteiger partial charge on any atom is 0.459 e. The first kappa shape index (κ1) is 38.6. The number of hydrogen-bond acceptors (Lipinski definition) is 8. The molecule has 0 radical (unpaired) electrons. The van der Waals surface area contributed by atoms with Crippen LogP contribution in [0.15, 0.2) is 62.6 Å². The van der Waals surface area contributed by atoms with Crippen LogP contribution in [0.2, 0.25) is 0 Å². The van der Waals surface area contributed by atoms with Gasteiger partial charge in [0.2, 0.25) is 5.91 Å². The van der Waals surface area contributed by atoms with Crippen molar-refractivity contribution in [3.63, 3.8) is 0 Å². The van der Waals surface area contributed by atoms with E-state index in [1.54, 1.807) is 28.6 Å². The summed E-state index contributed by atoms with van der Waals surface area (Å²) in [7, 11) is 7.39. The maximum atomic E-state index is 13.1. The van der Waals surface area contributed by atoms with Crippen LogP contribution >= 0.6 is 0 Å². The zero-order valence-electron chi connectivity index (χ0n) is 30.3. The molecule has 2 heterocycles. The molecule has 2 amide bonds. The summed E-state index contributed by atoms with van der Waals surface area (Å²) in [6.45, 7) is 13.4. The average Bonchev–Trinajstić information content (AvgIpc) is 3.71. The molecule has 0 saturated carbocycles. The average molecular weight is 670 g/mol. The number of likely N-dealkylation sites (tertiary alicyclic amines) is 1. The van der Waals surface area contributed by atoms with Gasteiger partial charge >= 0.3 is 5.76 Å². The molecule has 1 aliphatic carbocycles. The molecule has 262 valence electrons. The first-order valence-corrected chi connectivity index (χ1v) is 16.7. The van der Waals surface area contributed by atoms with Gasteiger partial charge in [0.1, 0.15) is 6.04 Å². The Kier molecular flexibility index (Phi) is 13.0. The van der Waals surface area contributed by atoms with Crippen molar-refractivity contribution in [1.29, 1.82) is 5.26 Å². The van der Waals surface area contributed by atoms with Crippen LogP contribution in [0.3, 0.4) is 0 Å². The smallest absolute Gasteiger partial charge is 0.378 e. The molecular formula is C38H51N7O4. The number of carbonyl (C=O) groups excluding carboxylic acids is 2. The number of hydrogen-bond donors (Lipinski definition) is 1. The predicted molar refractivity (Wildman–Crippen MR) is 192 cm³/mol. The number of allylic oxidation sites excluding steroid dienone is 4. The molecule has 1 aromatic carbocycles. The Morgan fingerprint density at radius 3 is 2.53 bits per heavy atom. The van der Waals surface area contributed by atoms with Crippen molar-refractivity contribution < 1.29 is 14.1 Å². The molecule has 4 rings (SSSR count). The summed E-state index contributed by atoms with van der Waals surface area (Å²) in [4.78, 5) is 48.8. The van der Waals surface area contributed by atoms with E-state index >= 15 is 0 Å². The van der Waals surface area contributed by atoms with E-state index in [0.717, 1.165) is 40.0 Å². The molecule has 1 fully saturated rings. The van der Waals surface area contributed by atoms with Gasteiger partial charge in [0.25, 0.3) is 5.91 Å². The molecule has 0 bridgehead atoms. The van der Waals surface area contributed by atoms with E-state index in [9.17, 15) is 19.6 Å². The minimum Gasteiger partial charge on any atom is -0.378 e. The summed E-state index contributed by atoms with van der Waals surface area (Å²) in [6.07, 6.45) is 13.5. The van der Waals surface area contributed by atoms with Gasteiger partial charge in [-0.2, -0.15) is 15.0 Å². The summed E-state index contributed by atoms with van der Waals surface area (Å²) in [6, 6.07) is 7.44. The highest BCUT2D eigenvalue weighted by molar-refractivity contribution is 5.94. The third kappa shape index (κ3) is 8.06. The Hall–Kier alpha value is -4.87. The number of aryl methyl sites for hydroxylation is 1. The van der Waals surface area contributed by atoms with E-state index in [1.807, 2.05) is 58.0 Å². The van der Waals surface area contributed by atoms with Crippen molar-refractivity contribution in [2.24, 2.45) is 0 Å². The third-order valence-electron chi connectivity index (χ3n) is 9.50. The van der Waals surface area contributed by atoms with Gasteiger partial charge in [-0.25, -0.2) is 4.79 Å². The second-order valence-electron chi connectivity index (χ2n) is 13.3. The van der Waals surface area contributed by atoms with Gasteiger partial charge in [-0.3, -0.25) is 9.59 Å². The molecule has 1 aliphatic heterocycles. The minimum atomic E-state index is -0.938. The fourth-order valence-electron chi connectivity index (χ4n) is 6.83. The first-order valence-electron chi connectivity index (χ1n) is 16.7. The monoisotopic (exact) mass is 669 g/mol. The Labute approximate surface area is 290 Å². The van der Waals surface area contributed by atoms with Crippen LogP contribution in [-0.4, -0.2) is 90.1 Å². The van der Waals surface area contributed by atoms with Crippen molar-refractivity contribution >= 4 is 11.8 Å². The largest absolute Gasteiger partial charge is 0.459 e. The van der Waals surface area contributed by atoms with Gasteiger partial charge < -0.3 is 24.5 Å². The van der Waals surface area contributed by atoms with Crippen molar-refractivity contribution in [2.45, 2.75) is 77.3 Å². The molecule has 11 heteroatoms. The quantitative estimate of drug-likeness (QED) is 0.212. The lowest BCUT2D eigenvalue weighted by atomic mass is 9.69. The zero-order chi connectivity index (χ0) is 36.6. The van der Waals surface area contributed by atoms with Gasteiger partial charge in [-0.1, -0.05) is 24.3 Å². The second-order valence-corrected chi connectivity index (χ2v) is 13.3. The number of nitrogens with zero attached hydrogens (tertiary/aromatic N) is 6. The van der Waals surface area contributed by atoms with E-state index in [2.05, 4.69) is 48.8 Å². The topological polar surface area (TPSA) is 128 Å². The number of aromatic nitrogens is 2. The molecule has 0 spiro atoms. The highest BCUT2D eigenvalue weighted by Gasteiger charge is 2.45. The van der Waals surface area contributed by atoms with Crippen LogP contribution in [-0.2, 0) is 16.6 Å². The van der Waals surface area contributed by atoms with E-state index < -0.39 is 17.2 Å². The highest BCUT2D eigenvalue weighted by atomic mass is 16.5. The number of rotatable bonds is 11. The Morgan fingerprint density at radius 2 is 1.92 bits per heavy atom. The SMILES string of the molecule is C#C.C=C(/C(C)=C/C1=C(C)C(CCNCC(=O)N2CCCC2C#N)(c2nc(=O)on2C(C)C)c2ccc(C(=O)N(C)C)cc2CC1)N(C)C. The molecule has 2 unspecified atom stereocenters. The lowest BCUT2D eigenvalue weighted by molar-refractivity contribution is -0.130. The third-order valence-corrected chi connectivity index (χ3v) is 9.50. The van der Waals surface area contributed by atoms with Gasteiger partial charge in [0.15, 0.2) is 5.82 Å². The number of nitrogens with one attached hydrogen (secondary N) is 1. The molecule has 2 aliphatic rings. The number of likely N-dealkylation sites (N-methyl/N-ethyl adjacent to an activating group) is 1. The van der Waals surface area contributed by atoms with Gasteiger partial charge in [-0.15, -0.1) is 12.8 Å². The summed E-state index contributed by atoms with van der Waals surface area (Å²) in [5.74, 6) is -0.397. The van der Waals surface area contributed by atoms with Crippen LogP contribution < -0.4 is 11.1 Å². The molecule has 2 atom stereocenters. The molecule has 1 saturated heterocycles. The van der Waals surface area contributed by atoms with Crippen molar-refractivity contribution in [3.8, 4) is 18.9 Å². The Morgan fingerprint density at radius 1 is 1.22 bits per heavy atom. The number of terminal acetylenes is 1. The summed E-state index contributed by atoms with van der Waals surface area (Å²) in [5, 5.41) is 12.8. The Bertz CT molecular complexity index is 1730. The standard InChI is InChI=1S/C36H49N7O4.C2H2/c1-23(2)43-34(39-35(46)47-43)36(16-17-38-22-32(44)42-18-10-11-30(42)21-37)25(4)27(19-24(3)26(5)40(6)7)12-13-28-20-29(14-15-31(28)36)33(45)41(8)9;1-2/h14-15,19-20,23,30,38H,5,10-13,16-18,22H2,1-4,6-9H3;1-2H/b24-19+;. The summed E-state index contributed by atoms with van der Waals surface area (Å²) >= 11 is 0. The van der Waals surface area contributed by atoms with E-state index in [0.29, 0.717) is 50.2 Å². The summed E-state index contributed by atoms with van der Waals surface area (Å²) < 4.78 is 7.29. The fraction of sp³-hybridized carbons (Fsp3) is 0.500. The maximum absolute atomic E-state index is 13.1. The summed E-state index contributed by atoms with van der Waals surface area (Å²) in [5.41, 5.74) is 5.56. The number of amides is 2. The number of nitriles is 1. The number of fused-ring (bicyclic) bond motifs is 1. The highest BCUT2D eigenvalue weighted by Crippen LogP contribution is 2.48. The van der Waals surface area contributed by atoms with Crippen LogP contribution in [0.5, 0.6) is 0 Å². The lowest BCUT2D eigenvalue weighted by Gasteiger charge is -2.37. The van der Waals surface area contributed by atoms with E-state index in [4.69, 9.17) is 4.52 Å². The fourth-order valence-corrected chi connectivity index (χ4v) is 6.83. The zero-order valence-corrected chi connectivity index (χ0v) is 30.3. The molecule has 1 N–H and O–H groups in total. The Balaban J connectivity index is 0.00000319. The van der Waals surface area contributed by atoms with Crippen molar-refractivity contribution in [1.82, 2.24) is 29.7 Å².